The summed E-state index contributed by atoms with van der Waals surface area (Å²) in [6, 6.07) is 7.24. The Morgan fingerprint density at radius 2 is 2.21 bits per heavy atom. The number of H-pyrrole nitrogens is 1. The lowest BCUT2D eigenvalue weighted by atomic mass is 9.92. The molecule has 1 unspecified atom stereocenters. The van der Waals surface area contributed by atoms with Crippen LogP contribution in [0.4, 0.5) is 0 Å². The molecule has 24 heavy (non-hydrogen) atoms. The van der Waals surface area contributed by atoms with Crippen LogP contribution in [0.25, 0.3) is 16.8 Å². The van der Waals surface area contributed by atoms with E-state index < -0.39 is 11.2 Å². The average molecular weight is 326 g/mol. The van der Waals surface area contributed by atoms with Crippen LogP contribution in [0.3, 0.4) is 0 Å². The lowest BCUT2D eigenvalue weighted by Crippen LogP contribution is -2.30. The maximum Gasteiger partial charge on any atom is 0.334 e. The summed E-state index contributed by atoms with van der Waals surface area (Å²) in [6.07, 6.45) is 4.82. The lowest BCUT2D eigenvalue weighted by Gasteiger charge is -2.22. The molecule has 3 heterocycles. The number of piperidine rings is 1. The summed E-state index contributed by atoms with van der Waals surface area (Å²) in [4.78, 5) is 25.5. The molecule has 1 saturated heterocycles. The molecule has 4 rings (SSSR count). The largest absolute Gasteiger partial charge is 0.354 e. The van der Waals surface area contributed by atoms with Crippen LogP contribution in [0, 0.1) is 5.92 Å². The van der Waals surface area contributed by atoms with E-state index in [4.69, 9.17) is 4.52 Å². The van der Waals surface area contributed by atoms with E-state index in [1.807, 2.05) is 18.2 Å². The van der Waals surface area contributed by atoms with Crippen LogP contribution in [0.15, 0.2) is 44.6 Å². The lowest BCUT2D eigenvalue weighted by molar-refractivity contribution is 0.376. The molecular formula is C17H18N4O3. The van der Waals surface area contributed by atoms with Gasteiger partial charge in [0.1, 0.15) is 0 Å². The van der Waals surface area contributed by atoms with E-state index in [2.05, 4.69) is 15.5 Å². The van der Waals surface area contributed by atoms with Crippen LogP contribution in [0.1, 0.15) is 18.4 Å². The van der Waals surface area contributed by atoms with Crippen molar-refractivity contribution in [1.29, 1.82) is 0 Å². The maximum atomic E-state index is 12.0. The van der Waals surface area contributed by atoms with E-state index in [9.17, 15) is 9.59 Å². The summed E-state index contributed by atoms with van der Waals surface area (Å²) in [5, 5.41) is 8.19. The minimum absolute atomic E-state index is 0.398. The zero-order valence-electron chi connectivity index (χ0n) is 13.1. The number of rotatable bonds is 3. The Morgan fingerprint density at radius 3 is 3.00 bits per heavy atom. The molecule has 0 bridgehead atoms. The SMILES string of the molecule is O=c1ccn(-c2noc3ccc(CC4CCCNC4)cc23)c(=O)[nH]1. The summed E-state index contributed by atoms with van der Waals surface area (Å²) in [6.45, 7) is 2.13. The molecule has 0 saturated carbocycles. The molecule has 0 amide bonds. The van der Waals surface area contributed by atoms with Gasteiger partial charge in [-0.25, -0.2) is 9.36 Å². The fourth-order valence-electron chi connectivity index (χ4n) is 3.29. The van der Waals surface area contributed by atoms with Gasteiger partial charge in [-0.15, -0.1) is 0 Å². The number of nitrogens with zero attached hydrogens (tertiary/aromatic N) is 2. The molecule has 2 aromatic heterocycles. The first-order valence-corrected chi connectivity index (χ1v) is 8.12. The molecular weight excluding hydrogens is 308 g/mol. The van der Waals surface area contributed by atoms with Crippen LogP contribution >= 0.6 is 0 Å². The quantitative estimate of drug-likeness (QED) is 0.755. The molecule has 0 radical (unpaired) electrons. The second-order valence-corrected chi connectivity index (χ2v) is 6.23. The van der Waals surface area contributed by atoms with Crippen molar-refractivity contribution >= 4 is 11.0 Å². The standard InChI is InChI=1S/C17H18N4O3/c22-15-5-7-21(17(23)19-15)16-13-9-11(3-4-14(13)24-20-16)8-12-2-1-6-18-10-12/h3-5,7,9,12,18H,1-2,6,8,10H2,(H,19,22,23). The topological polar surface area (TPSA) is 92.9 Å². The summed E-state index contributed by atoms with van der Waals surface area (Å²) < 4.78 is 6.61. The molecule has 3 aromatic rings. The summed E-state index contributed by atoms with van der Waals surface area (Å²) >= 11 is 0. The Morgan fingerprint density at radius 1 is 1.29 bits per heavy atom. The molecule has 0 spiro atoms. The fourth-order valence-corrected chi connectivity index (χ4v) is 3.29. The van der Waals surface area contributed by atoms with E-state index >= 15 is 0 Å². The Kier molecular flexibility index (Phi) is 3.78. The van der Waals surface area contributed by atoms with Crippen LogP contribution in [0.5, 0.6) is 0 Å². The molecule has 2 N–H and O–H groups in total. The van der Waals surface area contributed by atoms with Crippen LogP contribution in [-0.4, -0.2) is 27.8 Å². The molecule has 1 aromatic carbocycles. The van der Waals surface area contributed by atoms with Gasteiger partial charge >= 0.3 is 5.69 Å². The van der Waals surface area contributed by atoms with E-state index in [-0.39, 0.29) is 0 Å². The zero-order valence-corrected chi connectivity index (χ0v) is 13.1. The molecule has 7 heteroatoms. The van der Waals surface area contributed by atoms with Crippen LogP contribution < -0.4 is 16.6 Å². The van der Waals surface area contributed by atoms with Gasteiger partial charge in [-0.05, 0) is 56.0 Å². The summed E-state index contributed by atoms with van der Waals surface area (Å²) in [7, 11) is 0. The van der Waals surface area contributed by atoms with Gasteiger partial charge in [-0.3, -0.25) is 9.78 Å². The Balaban J connectivity index is 1.73. The second-order valence-electron chi connectivity index (χ2n) is 6.23. The molecule has 1 fully saturated rings. The summed E-state index contributed by atoms with van der Waals surface area (Å²) in [5.41, 5.74) is 0.848. The molecule has 1 atom stereocenters. The minimum atomic E-state index is -0.528. The number of aromatic amines is 1. The van der Waals surface area contributed by atoms with E-state index in [1.54, 1.807) is 0 Å². The number of aromatic nitrogens is 3. The monoisotopic (exact) mass is 326 g/mol. The van der Waals surface area contributed by atoms with Crippen molar-refractivity contribution < 1.29 is 4.52 Å². The third-order valence-corrected chi connectivity index (χ3v) is 4.49. The van der Waals surface area contributed by atoms with Gasteiger partial charge in [0.25, 0.3) is 5.56 Å². The van der Waals surface area contributed by atoms with Crippen molar-refractivity contribution in [2.45, 2.75) is 19.3 Å². The van der Waals surface area contributed by atoms with Crippen LogP contribution in [-0.2, 0) is 6.42 Å². The van der Waals surface area contributed by atoms with Gasteiger partial charge in [0.2, 0.25) is 0 Å². The molecule has 1 aliphatic heterocycles. The number of benzene rings is 1. The number of nitrogens with one attached hydrogen (secondary N) is 2. The molecule has 124 valence electrons. The predicted octanol–water partition coefficient (Wildman–Crippen LogP) is 1.21. The highest BCUT2D eigenvalue weighted by Gasteiger charge is 2.16. The molecule has 7 nitrogen and oxygen atoms in total. The smallest absolute Gasteiger partial charge is 0.334 e. The number of hydrogen-bond acceptors (Lipinski definition) is 5. The Hall–Kier alpha value is -2.67. The van der Waals surface area contributed by atoms with E-state index in [1.165, 1.54) is 35.2 Å². The minimum Gasteiger partial charge on any atom is -0.354 e. The van der Waals surface area contributed by atoms with Crippen LogP contribution in [0.2, 0.25) is 0 Å². The van der Waals surface area contributed by atoms with Gasteiger partial charge in [-0.1, -0.05) is 11.2 Å². The Labute approximate surface area is 137 Å². The second kappa shape index (κ2) is 6.09. The highest BCUT2D eigenvalue weighted by atomic mass is 16.5. The van der Waals surface area contributed by atoms with E-state index in [0.717, 1.165) is 24.9 Å². The Bertz CT molecular complexity index is 979. The number of fused-ring (bicyclic) bond motifs is 1. The van der Waals surface area contributed by atoms with Crippen molar-refractivity contribution in [2.24, 2.45) is 5.92 Å². The third kappa shape index (κ3) is 2.78. The predicted molar refractivity (Wildman–Crippen MR) is 89.5 cm³/mol. The summed E-state index contributed by atoms with van der Waals surface area (Å²) in [5.74, 6) is 1.02. The van der Waals surface area contributed by atoms with Crippen molar-refractivity contribution in [2.75, 3.05) is 13.1 Å². The van der Waals surface area contributed by atoms with Gasteiger partial charge < -0.3 is 9.84 Å². The first-order valence-electron chi connectivity index (χ1n) is 8.12. The highest BCUT2D eigenvalue weighted by molar-refractivity contribution is 5.84. The van der Waals surface area contributed by atoms with Gasteiger partial charge in [0.05, 0.1) is 5.39 Å². The van der Waals surface area contributed by atoms with Gasteiger partial charge in [0, 0.05) is 12.3 Å². The van der Waals surface area contributed by atoms with Gasteiger partial charge in [-0.2, -0.15) is 0 Å². The first kappa shape index (κ1) is 14.9. The molecule has 1 aliphatic rings. The van der Waals surface area contributed by atoms with Gasteiger partial charge in [0.15, 0.2) is 11.4 Å². The maximum absolute atomic E-state index is 12.0. The fraction of sp³-hybridized carbons (Fsp3) is 0.353. The highest BCUT2D eigenvalue weighted by Crippen LogP contribution is 2.24. The zero-order chi connectivity index (χ0) is 16.5. The van der Waals surface area contributed by atoms with Crippen molar-refractivity contribution in [3.63, 3.8) is 0 Å². The normalized spacial score (nSPS) is 18.1. The average Bonchev–Trinajstić information content (AvgIpc) is 2.99. The molecule has 0 aliphatic carbocycles. The first-order chi connectivity index (χ1) is 11.7. The number of hydrogen-bond donors (Lipinski definition) is 2. The van der Waals surface area contributed by atoms with Crippen molar-refractivity contribution in [3.05, 3.63) is 56.9 Å². The third-order valence-electron chi connectivity index (χ3n) is 4.49. The van der Waals surface area contributed by atoms with Crippen molar-refractivity contribution in [1.82, 2.24) is 20.0 Å². The van der Waals surface area contributed by atoms with Crippen molar-refractivity contribution in [3.8, 4) is 5.82 Å². The van der Waals surface area contributed by atoms with E-state index in [0.29, 0.717) is 17.3 Å².